The molecule has 5 rings (SSSR count). The number of amides is 1. The fraction of sp³-hybridized carbons (Fsp3) is 0.250. The molecule has 0 saturated carbocycles. The van der Waals surface area contributed by atoms with E-state index in [-0.39, 0.29) is 12.0 Å². The van der Waals surface area contributed by atoms with E-state index >= 15 is 0 Å². The number of fused-ring (bicyclic) bond motifs is 1. The summed E-state index contributed by atoms with van der Waals surface area (Å²) in [6.45, 7) is 5.28. The maximum absolute atomic E-state index is 13.3. The second-order valence-corrected chi connectivity index (χ2v) is 7.81. The number of furan rings is 1. The number of pyridine rings is 1. The molecule has 3 aromatic heterocycles. The van der Waals surface area contributed by atoms with Crippen molar-refractivity contribution in [3.05, 3.63) is 77.7 Å². The van der Waals surface area contributed by atoms with Crippen LogP contribution < -0.4 is 5.32 Å². The van der Waals surface area contributed by atoms with Crippen LogP contribution >= 0.6 is 0 Å². The number of aryl methyl sites for hydroxylation is 2. The van der Waals surface area contributed by atoms with E-state index in [2.05, 4.69) is 20.3 Å². The van der Waals surface area contributed by atoms with Gasteiger partial charge in [0, 0.05) is 29.9 Å². The summed E-state index contributed by atoms with van der Waals surface area (Å²) < 4.78 is 11.9. The van der Waals surface area contributed by atoms with Gasteiger partial charge in [-0.3, -0.25) is 14.8 Å². The lowest BCUT2D eigenvalue weighted by Gasteiger charge is -2.32. The fourth-order valence-corrected chi connectivity index (χ4v) is 3.93. The molecule has 0 aliphatic carbocycles. The Morgan fingerprint density at radius 1 is 1.12 bits per heavy atom. The van der Waals surface area contributed by atoms with Gasteiger partial charge in [0.2, 0.25) is 0 Å². The van der Waals surface area contributed by atoms with Crippen molar-refractivity contribution in [2.45, 2.75) is 20.0 Å². The molecule has 1 atom stereocenters. The monoisotopic (exact) mass is 429 g/mol. The molecule has 4 heterocycles. The van der Waals surface area contributed by atoms with Crippen LogP contribution in [0.3, 0.4) is 0 Å². The van der Waals surface area contributed by atoms with E-state index in [0.717, 1.165) is 33.5 Å². The Morgan fingerprint density at radius 2 is 2.03 bits per heavy atom. The normalized spacial score (nSPS) is 16.3. The first-order valence-electron chi connectivity index (χ1n) is 10.5. The van der Waals surface area contributed by atoms with Crippen molar-refractivity contribution in [3.63, 3.8) is 0 Å². The molecule has 0 bridgehead atoms. The van der Waals surface area contributed by atoms with Gasteiger partial charge in [-0.1, -0.05) is 18.2 Å². The number of ether oxygens (including phenoxy) is 1. The standard InChI is InChI=1S/C24H23N5O3/c1-15-4-3-5-18-16(2)23(32-22(15)18)24(30)29-10-11-31-20(14-29)19-7-6-17(12-27-19)28-21-13-25-8-9-26-21/h3-9,12-13,20H,10-11,14H2,1-2H3,(H,26,28). The molecule has 32 heavy (non-hydrogen) atoms. The van der Waals surface area contributed by atoms with Gasteiger partial charge in [-0.05, 0) is 31.5 Å². The van der Waals surface area contributed by atoms with Crippen molar-refractivity contribution in [2.24, 2.45) is 0 Å². The molecule has 1 aliphatic rings. The summed E-state index contributed by atoms with van der Waals surface area (Å²) in [5, 5.41) is 4.13. The molecule has 1 unspecified atom stereocenters. The van der Waals surface area contributed by atoms with Crippen LogP contribution in [0.15, 0.2) is 59.5 Å². The van der Waals surface area contributed by atoms with E-state index in [9.17, 15) is 4.79 Å². The highest BCUT2D eigenvalue weighted by molar-refractivity contribution is 5.99. The minimum absolute atomic E-state index is 0.118. The molecule has 1 amide bonds. The van der Waals surface area contributed by atoms with Gasteiger partial charge in [0.15, 0.2) is 5.76 Å². The first-order chi connectivity index (χ1) is 15.6. The lowest BCUT2D eigenvalue weighted by Crippen LogP contribution is -2.42. The van der Waals surface area contributed by atoms with Crippen LogP contribution in [0.2, 0.25) is 0 Å². The number of rotatable bonds is 4. The predicted octanol–water partition coefficient (Wildman–Crippen LogP) is 4.19. The van der Waals surface area contributed by atoms with E-state index in [0.29, 0.717) is 31.3 Å². The molecule has 1 fully saturated rings. The van der Waals surface area contributed by atoms with Crippen LogP contribution in [-0.2, 0) is 4.74 Å². The zero-order valence-electron chi connectivity index (χ0n) is 17.9. The van der Waals surface area contributed by atoms with Crippen molar-refractivity contribution in [1.29, 1.82) is 0 Å². The summed E-state index contributed by atoms with van der Waals surface area (Å²) in [4.78, 5) is 27.8. The van der Waals surface area contributed by atoms with Gasteiger partial charge in [0.05, 0.1) is 36.9 Å². The first kappa shape index (κ1) is 20.1. The van der Waals surface area contributed by atoms with E-state index in [1.165, 1.54) is 0 Å². The van der Waals surface area contributed by atoms with Crippen LogP contribution in [0.4, 0.5) is 11.5 Å². The lowest BCUT2D eigenvalue weighted by atomic mass is 10.1. The van der Waals surface area contributed by atoms with Gasteiger partial charge in [-0.2, -0.15) is 0 Å². The van der Waals surface area contributed by atoms with Gasteiger partial charge in [-0.25, -0.2) is 4.98 Å². The molecular formula is C24H23N5O3. The summed E-state index contributed by atoms with van der Waals surface area (Å²) >= 11 is 0. The number of para-hydroxylation sites is 1. The second kappa shape index (κ2) is 8.39. The average molecular weight is 429 g/mol. The SMILES string of the molecule is Cc1c(C(=O)N2CCOC(c3ccc(Nc4cnccn4)cn3)C2)oc2c(C)cccc12. The Morgan fingerprint density at radius 3 is 2.78 bits per heavy atom. The minimum atomic E-state index is -0.301. The zero-order chi connectivity index (χ0) is 22.1. The molecule has 0 radical (unpaired) electrons. The van der Waals surface area contributed by atoms with E-state index < -0.39 is 0 Å². The highest BCUT2D eigenvalue weighted by Crippen LogP contribution is 2.30. The second-order valence-electron chi connectivity index (χ2n) is 7.81. The van der Waals surface area contributed by atoms with E-state index in [1.807, 2.05) is 44.2 Å². The van der Waals surface area contributed by atoms with Gasteiger partial charge in [0.1, 0.15) is 17.5 Å². The highest BCUT2D eigenvalue weighted by atomic mass is 16.5. The third-order valence-corrected chi connectivity index (χ3v) is 5.66. The molecule has 1 aromatic carbocycles. The zero-order valence-corrected chi connectivity index (χ0v) is 17.9. The van der Waals surface area contributed by atoms with Crippen LogP contribution in [0.1, 0.15) is 33.5 Å². The number of morpholine rings is 1. The van der Waals surface area contributed by atoms with Crippen LogP contribution in [0, 0.1) is 13.8 Å². The third-order valence-electron chi connectivity index (χ3n) is 5.66. The number of anilines is 2. The summed E-state index contributed by atoms with van der Waals surface area (Å²) in [6.07, 6.45) is 6.30. The van der Waals surface area contributed by atoms with Crippen LogP contribution in [0.5, 0.6) is 0 Å². The molecule has 162 valence electrons. The number of aromatic nitrogens is 3. The molecule has 4 aromatic rings. The van der Waals surface area contributed by atoms with Gasteiger partial charge < -0.3 is 19.4 Å². The largest absolute Gasteiger partial charge is 0.450 e. The summed E-state index contributed by atoms with van der Waals surface area (Å²) in [5.74, 6) is 0.919. The van der Waals surface area contributed by atoms with E-state index in [4.69, 9.17) is 9.15 Å². The number of nitrogens with one attached hydrogen (secondary N) is 1. The number of hydrogen-bond acceptors (Lipinski definition) is 7. The summed E-state index contributed by atoms with van der Waals surface area (Å²) in [7, 11) is 0. The fourth-order valence-electron chi connectivity index (χ4n) is 3.93. The maximum Gasteiger partial charge on any atom is 0.290 e. The van der Waals surface area contributed by atoms with E-state index in [1.54, 1.807) is 29.7 Å². The van der Waals surface area contributed by atoms with Crippen LogP contribution in [0.25, 0.3) is 11.0 Å². The third kappa shape index (κ3) is 3.80. The molecule has 1 saturated heterocycles. The number of carbonyl (C=O) groups is 1. The topological polar surface area (TPSA) is 93.4 Å². The summed E-state index contributed by atoms with van der Waals surface area (Å²) in [5.41, 5.74) is 4.22. The molecule has 0 spiro atoms. The number of benzene rings is 1. The van der Waals surface area contributed by atoms with Crippen molar-refractivity contribution in [3.8, 4) is 0 Å². The van der Waals surface area contributed by atoms with Crippen LogP contribution in [-0.4, -0.2) is 45.5 Å². The Labute approximate surface area is 185 Å². The van der Waals surface area contributed by atoms with Crippen molar-refractivity contribution < 1.29 is 13.9 Å². The molecule has 1 aliphatic heterocycles. The number of hydrogen-bond donors (Lipinski definition) is 1. The molecule has 1 N–H and O–H groups in total. The summed E-state index contributed by atoms with van der Waals surface area (Å²) in [6, 6.07) is 9.76. The Hall–Kier alpha value is -3.78. The highest BCUT2D eigenvalue weighted by Gasteiger charge is 2.30. The minimum Gasteiger partial charge on any atom is -0.450 e. The Bertz CT molecular complexity index is 1250. The molecule has 8 heteroatoms. The molecule has 8 nitrogen and oxygen atoms in total. The lowest BCUT2D eigenvalue weighted by molar-refractivity contribution is -0.0256. The van der Waals surface area contributed by atoms with Gasteiger partial charge >= 0.3 is 0 Å². The maximum atomic E-state index is 13.3. The van der Waals surface area contributed by atoms with Crippen molar-refractivity contribution in [2.75, 3.05) is 25.0 Å². The van der Waals surface area contributed by atoms with Gasteiger partial charge in [-0.15, -0.1) is 0 Å². The number of carbonyl (C=O) groups excluding carboxylic acids is 1. The van der Waals surface area contributed by atoms with Crippen molar-refractivity contribution >= 4 is 28.4 Å². The Balaban J connectivity index is 1.32. The number of nitrogens with zero attached hydrogens (tertiary/aromatic N) is 4. The Kier molecular flexibility index (Phi) is 5.28. The molecular weight excluding hydrogens is 406 g/mol. The quantitative estimate of drug-likeness (QED) is 0.520. The van der Waals surface area contributed by atoms with Gasteiger partial charge in [0.25, 0.3) is 5.91 Å². The smallest absolute Gasteiger partial charge is 0.290 e. The average Bonchev–Trinajstić information content (AvgIpc) is 3.18. The first-order valence-corrected chi connectivity index (χ1v) is 10.5. The predicted molar refractivity (Wildman–Crippen MR) is 120 cm³/mol. The van der Waals surface area contributed by atoms with Crippen molar-refractivity contribution in [1.82, 2.24) is 19.9 Å².